The summed E-state index contributed by atoms with van der Waals surface area (Å²) in [5, 5.41) is 8.89. The van der Waals surface area contributed by atoms with Gasteiger partial charge in [0.1, 0.15) is 6.04 Å². The van der Waals surface area contributed by atoms with Gasteiger partial charge in [0.25, 0.3) is 0 Å². The largest absolute Gasteiger partial charge is 0.480 e. The standard InChI is InChI=1S/C9H16NO2/c1-7(2)10-6-4-3-5-8(10)9(11)12/h7-8H,1,3-6H2,2H3,(H,11,12). The van der Waals surface area contributed by atoms with E-state index in [-0.39, 0.29) is 12.1 Å². The van der Waals surface area contributed by atoms with E-state index in [2.05, 4.69) is 6.92 Å². The Bertz CT molecular complexity index is 168. The molecule has 0 aliphatic carbocycles. The van der Waals surface area contributed by atoms with Gasteiger partial charge in [-0.3, -0.25) is 9.69 Å². The first-order valence-corrected chi connectivity index (χ1v) is 4.44. The van der Waals surface area contributed by atoms with Gasteiger partial charge in [0.05, 0.1) is 0 Å². The molecule has 3 nitrogen and oxygen atoms in total. The van der Waals surface area contributed by atoms with E-state index in [0.717, 1.165) is 25.8 Å². The Hall–Kier alpha value is -0.570. The summed E-state index contributed by atoms with van der Waals surface area (Å²) < 4.78 is 0. The van der Waals surface area contributed by atoms with Crippen molar-refractivity contribution in [1.82, 2.24) is 4.90 Å². The number of carboxylic acids is 1. The Morgan fingerprint density at radius 3 is 2.75 bits per heavy atom. The molecule has 2 unspecified atom stereocenters. The van der Waals surface area contributed by atoms with E-state index in [4.69, 9.17) is 5.11 Å². The minimum atomic E-state index is -0.704. The minimum absolute atomic E-state index is 0.103. The van der Waals surface area contributed by atoms with Crippen molar-refractivity contribution in [3.63, 3.8) is 0 Å². The summed E-state index contributed by atoms with van der Waals surface area (Å²) in [7, 11) is 0. The molecule has 1 fully saturated rings. The number of rotatable bonds is 2. The van der Waals surface area contributed by atoms with Crippen molar-refractivity contribution in [3.05, 3.63) is 6.92 Å². The summed E-state index contributed by atoms with van der Waals surface area (Å²) in [4.78, 5) is 12.8. The molecule has 12 heavy (non-hydrogen) atoms. The second-order valence-corrected chi connectivity index (χ2v) is 3.44. The quantitative estimate of drug-likeness (QED) is 0.675. The molecule has 0 aromatic heterocycles. The summed E-state index contributed by atoms with van der Waals surface area (Å²) >= 11 is 0. The molecule has 0 bridgehead atoms. The number of likely N-dealkylation sites (tertiary alicyclic amines) is 1. The van der Waals surface area contributed by atoms with E-state index < -0.39 is 5.97 Å². The van der Waals surface area contributed by atoms with Crippen LogP contribution in [0.15, 0.2) is 0 Å². The first kappa shape index (κ1) is 9.52. The normalized spacial score (nSPS) is 26.1. The monoisotopic (exact) mass is 170 g/mol. The highest BCUT2D eigenvalue weighted by Gasteiger charge is 2.29. The number of carboxylic acid groups (broad SMARTS) is 1. The van der Waals surface area contributed by atoms with E-state index in [1.165, 1.54) is 0 Å². The molecule has 69 valence electrons. The molecule has 0 aromatic rings. The predicted octanol–water partition coefficient (Wildman–Crippen LogP) is 1.15. The third-order valence-corrected chi connectivity index (χ3v) is 2.40. The molecule has 0 saturated carbocycles. The predicted molar refractivity (Wildman–Crippen MR) is 46.8 cm³/mol. The second kappa shape index (κ2) is 3.90. The lowest BCUT2D eigenvalue weighted by atomic mass is 10.0. The summed E-state index contributed by atoms with van der Waals surface area (Å²) in [5.41, 5.74) is 0. The maximum absolute atomic E-state index is 10.8. The Balaban J connectivity index is 2.60. The first-order valence-electron chi connectivity index (χ1n) is 4.44. The summed E-state index contributed by atoms with van der Waals surface area (Å²) in [6.07, 6.45) is 2.90. The summed E-state index contributed by atoms with van der Waals surface area (Å²) in [6, 6.07) is -0.197. The van der Waals surface area contributed by atoms with Gasteiger partial charge in [-0.15, -0.1) is 0 Å². The van der Waals surface area contributed by atoms with Gasteiger partial charge in [0, 0.05) is 6.04 Å². The molecule has 1 N–H and O–H groups in total. The van der Waals surface area contributed by atoms with Crippen LogP contribution in [-0.4, -0.2) is 34.6 Å². The molecule has 1 aliphatic heterocycles. The van der Waals surface area contributed by atoms with Crippen LogP contribution in [0.5, 0.6) is 0 Å². The number of hydrogen-bond acceptors (Lipinski definition) is 2. The van der Waals surface area contributed by atoms with Crippen LogP contribution in [0.4, 0.5) is 0 Å². The van der Waals surface area contributed by atoms with E-state index in [1.54, 1.807) is 0 Å². The van der Waals surface area contributed by atoms with Gasteiger partial charge < -0.3 is 5.11 Å². The summed E-state index contributed by atoms with van der Waals surface area (Å²) in [6.45, 7) is 6.68. The lowest BCUT2D eigenvalue weighted by Crippen LogP contribution is -2.48. The van der Waals surface area contributed by atoms with Crippen LogP contribution >= 0.6 is 0 Å². The van der Waals surface area contributed by atoms with Crippen molar-refractivity contribution in [1.29, 1.82) is 0 Å². The van der Waals surface area contributed by atoms with Crippen LogP contribution < -0.4 is 0 Å². The zero-order valence-corrected chi connectivity index (χ0v) is 7.49. The molecule has 3 heteroatoms. The number of piperidine rings is 1. The smallest absolute Gasteiger partial charge is 0.320 e. The van der Waals surface area contributed by atoms with Crippen molar-refractivity contribution >= 4 is 5.97 Å². The zero-order chi connectivity index (χ0) is 9.14. The van der Waals surface area contributed by atoms with Crippen LogP contribution in [0.1, 0.15) is 26.2 Å². The third kappa shape index (κ3) is 1.97. The SMILES string of the molecule is [CH2]C(C)N1CCCCC1C(=O)O. The van der Waals surface area contributed by atoms with Crippen LogP contribution in [0.2, 0.25) is 0 Å². The minimum Gasteiger partial charge on any atom is -0.480 e. The lowest BCUT2D eigenvalue weighted by Gasteiger charge is -2.35. The van der Waals surface area contributed by atoms with Crippen molar-refractivity contribution in [2.45, 2.75) is 38.3 Å². The number of hydrogen-bond donors (Lipinski definition) is 1. The van der Waals surface area contributed by atoms with E-state index in [0.29, 0.717) is 0 Å². The fourth-order valence-electron chi connectivity index (χ4n) is 1.75. The van der Waals surface area contributed by atoms with Crippen molar-refractivity contribution in [3.8, 4) is 0 Å². The second-order valence-electron chi connectivity index (χ2n) is 3.44. The van der Waals surface area contributed by atoms with Gasteiger partial charge in [-0.1, -0.05) is 6.42 Å². The molecule has 0 spiro atoms. The molecule has 1 heterocycles. The fraction of sp³-hybridized carbons (Fsp3) is 0.778. The van der Waals surface area contributed by atoms with Gasteiger partial charge in [0.2, 0.25) is 0 Å². The van der Waals surface area contributed by atoms with Crippen molar-refractivity contribution in [2.75, 3.05) is 6.54 Å². The van der Waals surface area contributed by atoms with Crippen LogP contribution in [0.3, 0.4) is 0 Å². The maximum Gasteiger partial charge on any atom is 0.320 e. The Morgan fingerprint density at radius 1 is 1.67 bits per heavy atom. The molecule has 0 aromatic carbocycles. The molecule has 1 radical (unpaired) electrons. The number of nitrogens with zero attached hydrogens (tertiary/aromatic N) is 1. The first-order chi connectivity index (χ1) is 5.63. The van der Waals surface area contributed by atoms with Gasteiger partial charge in [0.15, 0.2) is 0 Å². The van der Waals surface area contributed by atoms with Crippen LogP contribution in [0.25, 0.3) is 0 Å². The highest BCUT2D eigenvalue weighted by Crippen LogP contribution is 2.19. The van der Waals surface area contributed by atoms with Gasteiger partial charge in [-0.05, 0) is 33.2 Å². The molecule has 2 atom stereocenters. The molecular weight excluding hydrogens is 154 g/mol. The number of carbonyl (C=O) groups is 1. The molecule has 1 aliphatic rings. The Morgan fingerprint density at radius 2 is 2.33 bits per heavy atom. The van der Waals surface area contributed by atoms with Crippen LogP contribution in [0, 0.1) is 6.92 Å². The maximum atomic E-state index is 10.8. The zero-order valence-electron chi connectivity index (χ0n) is 7.49. The average Bonchev–Trinajstić information content (AvgIpc) is 2.04. The lowest BCUT2D eigenvalue weighted by molar-refractivity contribution is -0.145. The Labute approximate surface area is 73.4 Å². The fourth-order valence-corrected chi connectivity index (χ4v) is 1.75. The Kier molecular flexibility index (Phi) is 3.09. The van der Waals surface area contributed by atoms with E-state index in [9.17, 15) is 4.79 Å². The van der Waals surface area contributed by atoms with Gasteiger partial charge in [-0.2, -0.15) is 0 Å². The summed E-state index contributed by atoms with van der Waals surface area (Å²) in [5.74, 6) is -0.704. The van der Waals surface area contributed by atoms with Crippen molar-refractivity contribution in [2.24, 2.45) is 0 Å². The number of aliphatic carboxylic acids is 1. The van der Waals surface area contributed by atoms with Gasteiger partial charge >= 0.3 is 5.97 Å². The highest BCUT2D eigenvalue weighted by atomic mass is 16.4. The van der Waals surface area contributed by atoms with E-state index in [1.807, 2.05) is 11.8 Å². The topological polar surface area (TPSA) is 40.5 Å². The molecule has 1 rings (SSSR count). The van der Waals surface area contributed by atoms with E-state index >= 15 is 0 Å². The average molecular weight is 170 g/mol. The molecular formula is C9H16NO2. The molecule has 1 saturated heterocycles. The third-order valence-electron chi connectivity index (χ3n) is 2.40. The van der Waals surface area contributed by atoms with Gasteiger partial charge in [-0.25, -0.2) is 0 Å². The highest BCUT2D eigenvalue weighted by molar-refractivity contribution is 5.73. The molecule has 0 amide bonds. The van der Waals surface area contributed by atoms with Crippen LogP contribution in [-0.2, 0) is 4.79 Å². The van der Waals surface area contributed by atoms with Crippen molar-refractivity contribution < 1.29 is 9.90 Å².